The molecule has 4 nitrogen and oxygen atoms in total. The fraction of sp³-hybridized carbons (Fsp3) is 0.353. The largest absolute Gasteiger partial charge is 0.351 e. The molecule has 1 aliphatic heterocycles. The van der Waals surface area contributed by atoms with Gasteiger partial charge < -0.3 is 14.8 Å². The van der Waals surface area contributed by atoms with E-state index in [-0.39, 0.29) is 6.03 Å². The molecule has 1 fully saturated rings. The van der Waals surface area contributed by atoms with E-state index in [2.05, 4.69) is 34.4 Å². The average Bonchev–Trinajstić information content (AvgIpc) is 3.08. The van der Waals surface area contributed by atoms with E-state index in [0.717, 1.165) is 31.5 Å². The minimum atomic E-state index is 0.0461. The third-order valence-electron chi connectivity index (χ3n) is 4.09. The van der Waals surface area contributed by atoms with Gasteiger partial charge in [0, 0.05) is 38.1 Å². The highest BCUT2D eigenvalue weighted by Crippen LogP contribution is 2.22. The first-order chi connectivity index (χ1) is 10.3. The van der Waals surface area contributed by atoms with E-state index in [9.17, 15) is 4.79 Å². The van der Waals surface area contributed by atoms with Crippen molar-refractivity contribution in [1.82, 2.24) is 14.8 Å². The van der Waals surface area contributed by atoms with E-state index in [0.29, 0.717) is 12.6 Å². The zero-order valence-corrected chi connectivity index (χ0v) is 12.1. The topological polar surface area (TPSA) is 37.3 Å². The van der Waals surface area contributed by atoms with Gasteiger partial charge in [0.25, 0.3) is 0 Å². The Bertz CT molecular complexity index is 557. The standard InChI is InChI=1S/C17H21N3O/c21-17(18-14-15-6-2-1-3-7-15)20-12-8-16(9-13-20)19-10-4-5-11-19/h1-7,10-11,16H,8-9,12-14H2,(H,18,21). The van der Waals surface area contributed by atoms with Crippen LogP contribution >= 0.6 is 0 Å². The Labute approximate surface area is 125 Å². The van der Waals surface area contributed by atoms with E-state index >= 15 is 0 Å². The van der Waals surface area contributed by atoms with E-state index in [1.807, 2.05) is 35.2 Å². The van der Waals surface area contributed by atoms with Crippen LogP contribution in [0.25, 0.3) is 0 Å². The summed E-state index contributed by atoms with van der Waals surface area (Å²) in [7, 11) is 0. The van der Waals surface area contributed by atoms with Crippen molar-refractivity contribution in [2.45, 2.75) is 25.4 Å². The molecule has 1 aromatic carbocycles. The van der Waals surface area contributed by atoms with Gasteiger partial charge in [0.1, 0.15) is 0 Å². The second-order valence-electron chi connectivity index (χ2n) is 5.49. The number of nitrogens with zero attached hydrogens (tertiary/aromatic N) is 2. The number of likely N-dealkylation sites (tertiary alicyclic amines) is 1. The van der Waals surface area contributed by atoms with Crippen molar-refractivity contribution in [2.75, 3.05) is 13.1 Å². The number of carbonyl (C=O) groups excluding carboxylic acids is 1. The number of hydrogen-bond acceptors (Lipinski definition) is 1. The van der Waals surface area contributed by atoms with Gasteiger partial charge in [0.2, 0.25) is 0 Å². The van der Waals surface area contributed by atoms with Crippen molar-refractivity contribution in [1.29, 1.82) is 0 Å². The average molecular weight is 283 g/mol. The molecule has 110 valence electrons. The predicted molar refractivity (Wildman–Crippen MR) is 83.0 cm³/mol. The summed E-state index contributed by atoms with van der Waals surface area (Å²) in [6, 6.07) is 14.7. The lowest BCUT2D eigenvalue weighted by Gasteiger charge is -2.32. The van der Waals surface area contributed by atoms with Crippen LogP contribution in [0.4, 0.5) is 4.79 Å². The fourth-order valence-corrected chi connectivity index (χ4v) is 2.84. The summed E-state index contributed by atoms with van der Waals surface area (Å²) in [5, 5.41) is 3.00. The molecule has 0 saturated carbocycles. The summed E-state index contributed by atoms with van der Waals surface area (Å²) in [6.07, 6.45) is 6.26. The second-order valence-corrected chi connectivity index (χ2v) is 5.49. The number of piperidine rings is 1. The molecule has 0 radical (unpaired) electrons. The zero-order valence-electron chi connectivity index (χ0n) is 12.1. The number of rotatable bonds is 3. The molecular formula is C17H21N3O. The number of benzene rings is 1. The van der Waals surface area contributed by atoms with Crippen molar-refractivity contribution >= 4 is 6.03 Å². The summed E-state index contributed by atoms with van der Waals surface area (Å²) in [4.78, 5) is 14.1. The van der Waals surface area contributed by atoms with Gasteiger partial charge in [-0.2, -0.15) is 0 Å². The summed E-state index contributed by atoms with van der Waals surface area (Å²) in [5.74, 6) is 0. The number of urea groups is 1. The molecular weight excluding hydrogens is 262 g/mol. The molecule has 0 atom stereocenters. The third kappa shape index (κ3) is 3.45. The lowest BCUT2D eigenvalue weighted by atomic mass is 10.1. The first-order valence-corrected chi connectivity index (χ1v) is 7.52. The van der Waals surface area contributed by atoms with Gasteiger partial charge in [-0.05, 0) is 30.5 Å². The van der Waals surface area contributed by atoms with E-state index < -0.39 is 0 Å². The van der Waals surface area contributed by atoms with E-state index in [4.69, 9.17) is 0 Å². The van der Waals surface area contributed by atoms with Crippen LogP contribution in [0.5, 0.6) is 0 Å². The molecule has 2 amide bonds. The first-order valence-electron chi connectivity index (χ1n) is 7.52. The molecule has 0 unspecified atom stereocenters. The van der Waals surface area contributed by atoms with Crippen molar-refractivity contribution < 1.29 is 4.79 Å². The highest BCUT2D eigenvalue weighted by molar-refractivity contribution is 5.74. The molecule has 1 N–H and O–H groups in total. The quantitative estimate of drug-likeness (QED) is 0.923. The Balaban J connectivity index is 1.47. The van der Waals surface area contributed by atoms with Crippen LogP contribution in [0.2, 0.25) is 0 Å². The molecule has 2 heterocycles. The Morgan fingerprint density at radius 3 is 2.38 bits per heavy atom. The number of nitrogens with one attached hydrogen (secondary N) is 1. The highest BCUT2D eigenvalue weighted by atomic mass is 16.2. The molecule has 2 aromatic rings. The van der Waals surface area contributed by atoms with Gasteiger partial charge in [0.05, 0.1) is 0 Å². The Kier molecular flexibility index (Phi) is 4.24. The number of carbonyl (C=O) groups is 1. The van der Waals surface area contributed by atoms with Crippen LogP contribution < -0.4 is 5.32 Å². The maximum absolute atomic E-state index is 12.2. The Morgan fingerprint density at radius 2 is 1.71 bits per heavy atom. The van der Waals surface area contributed by atoms with Crippen LogP contribution in [0.1, 0.15) is 24.4 Å². The van der Waals surface area contributed by atoms with Gasteiger partial charge in [-0.1, -0.05) is 30.3 Å². The number of aromatic nitrogens is 1. The monoisotopic (exact) mass is 283 g/mol. The Hall–Kier alpha value is -2.23. The normalized spacial score (nSPS) is 15.9. The molecule has 21 heavy (non-hydrogen) atoms. The van der Waals surface area contributed by atoms with Crippen LogP contribution in [-0.4, -0.2) is 28.6 Å². The maximum Gasteiger partial charge on any atom is 0.317 e. The maximum atomic E-state index is 12.2. The first kappa shape index (κ1) is 13.7. The smallest absolute Gasteiger partial charge is 0.317 e. The van der Waals surface area contributed by atoms with E-state index in [1.54, 1.807) is 0 Å². The molecule has 4 heteroatoms. The SMILES string of the molecule is O=C(NCc1ccccc1)N1CCC(n2cccc2)CC1. The van der Waals surface area contributed by atoms with Gasteiger partial charge in [-0.25, -0.2) is 4.79 Å². The van der Waals surface area contributed by atoms with Crippen molar-refractivity contribution in [3.63, 3.8) is 0 Å². The molecule has 1 aromatic heterocycles. The highest BCUT2D eigenvalue weighted by Gasteiger charge is 2.22. The van der Waals surface area contributed by atoms with Crippen molar-refractivity contribution in [3.8, 4) is 0 Å². The van der Waals surface area contributed by atoms with Crippen LogP contribution in [0.3, 0.4) is 0 Å². The minimum Gasteiger partial charge on any atom is -0.351 e. The Morgan fingerprint density at radius 1 is 1.05 bits per heavy atom. The van der Waals surface area contributed by atoms with E-state index in [1.165, 1.54) is 0 Å². The molecule has 0 bridgehead atoms. The summed E-state index contributed by atoms with van der Waals surface area (Å²) in [6.45, 7) is 2.24. The minimum absolute atomic E-state index is 0.0461. The van der Waals surface area contributed by atoms with Gasteiger partial charge >= 0.3 is 6.03 Å². The zero-order chi connectivity index (χ0) is 14.5. The van der Waals surface area contributed by atoms with Gasteiger partial charge in [-0.3, -0.25) is 0 Å². The molecule has 0 aliphatic carbocycles. The van der Waals surface area contributed by atoms with Crippen LogP contribution in [-0.2, 0) is 6.54 Å². The molecule has 3 rings (SSSR count). The third-order valence-corrected chi connectivity index (χ3v) is 4.09. The molecule has 0 spiro atoms. The summed E-state index contributed by atoms with van der Waals surface area (Å²) >= 11 is 0. The lowest BCUT2D eigenvalue weighted by Crippen LogP contribution is -2.44. The molecule has 1 aliphatic rings. The van der Waals surface area contributed by atoms with Gasteiger partial charge in [0.15, 0.2) is 0 Å². The predicted octanol–water partition coefficient (Wildman–Crippen LogP) is 3.03. The summed E-state index contributed by atoms with van der Waals surface area (Å²) in [5.41, 5.74) is 1.13. The van der Waals surface area contributed by atoms with Crippen LogP contribution in [0.15, 0.2) is 54.9 Å². The van der Waals surface area contributed by atoms with Crippen LogP contribution in [0, 0.1) is 0 Å². The molecule has 1 saturated heterocycles. The summed E-state index contributed by atoms with van der Waals surface area (Å²) < 4.78 is 2.25. The lowest BCUT2D eigenvalue weighted by molar-refractivity contribution is 0.171. The second kappa shape index (κ2) is 6.48. The van der Waals surface area contributed by atoms with Gasteiger partial charge in [-0.15, -0.1) is 0 Å². The fourth-order valence-electron chi connectivity index (χ4n) is 2.84. The van der Waals surface area contributed by atoms with Crippen molar-refractivity contribution in [2.24, 2.45) is 0 Å². The number of hydrogen-bond donors (Lipinski definition) is 1. The van der Waals surface area contributed by atoms with Crippen molar-refractivity contribution in [3.05, 3.63) is 60.4 Å². The number of amides is 2.